The van der Waals surface area contributed by atoms with E-state index in [-0.39, 0.29) is 21.7 Å². The third-order valence-corrected chi connectivity index (χ3v) is 11.3. The molecule has 0 fully saturated rings. The van der Waals surface area contributed by atoms with Crippen LogP contribution in [0.2, 0.25) is 0 Å². The zero-order chi connectivity index (χ0) is 32.7. The van der Waals surface area contributed by atoms with Crippen LogP contribution in [0.1, 0.15) is 49.9 Å². The van der Waals surface area contributed by atoms with Gasteiger partial charge >= 0.3 is 0 Å². The van der Waals surface area contributed by atoms with Crippen LogP contribution in [0.5, 0.6) is 0 Å². The molecule has 0 unspecified atom stereocenters. The van der Waals surface area contributed by atoms with Gasteiger partial charge in [0.1, 0.15) is 0 Å². The Kier molecular flexibility index (Phi) is 5.13. The van der Waals surface area contributed by atoms with Crippen molar-refractivity contribution in [3.05, 3.63) is 164 Å². The number of rotatable bonds is 2. The Bertz CT molecular complexity index is 2340. The molecule has 0 saturated heterocycles. The van der Waals surface area contributed by atoms with Gasteiger partial charge in [0.05, 0.1) is 22.7 Å². The molecule has 2 aliphatic heterocycles. The van der Waals surface area contributed by atoms with Gasteiger partial charge in [-0.05, 0) is 70.8 Å². The standard InChI is InChI=1S/C44H32N2O2/c1-43(2)31-13-5-9-17-35(31)45(36-18-10-6-14-32(36)43)25-21-27-39-28(22-25)42(48)30-24-26(23-29(40(30)39)41(27)47)46-37-19-11-7-15-33(37)44(3,4)34-16-8-12-20-38(34)46/h5-24H,1-4H3. The molecule has 0 radical (unpaired) electrons. The third-order valence-electron chi connectivity index (χ3n) is 11.3. The maximum Gasteiger partial charge on any atom is 0.194 e. The van der Waals surface area contributed by atoms with Crippen molar-refractivity contribution in [2.24, 2.45) is 0 Å². The molecule has 10 rings (SSSR count). The molecule has 2 aliphatic carbocycles. The summed E-state index contributed by atoms with van der Waals surface area (Å²) in [5, 5.41) is 2.40. The summed E-state index contributed by atoms with van der Waals surface area (Å²) in [5.41, 5.74) is 11.8. The predicted molar refractivity (Wildman–Crippen MR) is 198 cm³/mol. The maximum absolute atomic E-state index is 14.5. The number of para-hydroxylation sites is 4. The normalized spacial score (nSPS) is 15.9. The molecule has 2 heterocycles. The summed E-state index contributed by atoms with van der Waals surface area (Å²) in [6, 6.07) is 41.8. The lowest BCUT2D eigenvalue weighted by atomic mass is 9.73. The van der Waals surface area contributed by atoms with E-state index >= 15 is 0 Å². The smallest absolute Gasteiger partial charge is 0.194 e. The van der Waals surface area contributed by atoms with Crippen molar-refractivity contribution in [2.75, 3.05) is 9.80 Å². The van der Waals surface area contributed by atoms with Crippen LogP contribution in [0.4, 0.5) is 34.1 Å². The highest BCUT2D eigenvalue weighted by atomic mass is 16.1. The molecule has 0 aromatic heterocycles. The first-order chi connectivity index (χ1) is 23.2. The van der Waals surface area contributed by atoms with Gasteiger partial charge in [0.15, 0.2) is 10.9 Å². The molecule has 6 aromatic rings. The highest BCUT2D eigenvalue weighted by Crippen LogP contribution is 2.55. The molecule has 48 heavy (non-hydrogen) atoms. The summed E-state index contributed by atoms with van der Waals surface area (Å²) in [6.07, 6.45) is 0. The lowest BCUT2D eigenvalue weighted by Crippen LogP contribution is -2.30. The van der Waals surface area contributed by atoms with Gasteiger partial charge in [0, 0.05) is 54.9 Å². The van der Waals surface area contributed by atoms with Gasteiger partial charge in [-0.25, -0.2) is 0 Å². The van der Waals surface area contributed by atoms with Crippen LogP contribution >= 0.6 is 0 Å². The lowest BCUT2D eigenvalue weighted by molar-refractivity contribution is 0.632. The number of benzene rings is 6. The van der Waals surface area contributed by atoms with Crippen molar-refractivity contribution in [2.45, 2.75) is 38.5 Å². The van der Waals surface area contributed by atoms with E-state index in [4.69, 9.17) is 0 Å². The van der Waals surface area contributed by atoms with Gasteiger partial charge < -0.3 is 9.80 Å². The first kappa shape index (κ1) is 27.4. The van der Waals surface area contributed by atoms with E-state index in [2.05, 4.69) is 135 Å². The van der Waals surface area contributed by atoms with Crippen LogP contribution < -0.4 is 20.7 Å². The Morgan fingerprint density at radius 2 is 0.646 bits per heavy atom. The van der Waals surface area contributed by atoms with E-state index in [9.17, 15) is 9.59 Å². The highest BCUT2D eigenvalue weighted by Gasteiger charge is 2.39. The largest absolute Gasteiger partial charge is 0.310 e. The first-order valence-electron chi connectivity index (χ1n) is 16.6. The minimum atomic E-state index is -0.205. The van der Waals surface area contributed by atoms with E-state index in [1.54, 1.807) is 0 Å². The molecule has 0 spiro atoms. The lowest BCUT2D eigenvalue weighted by Gasteiger charge is -2.42. The number of hydrogen-bond donors (Lipinski definition) is 0. The molecule has 0 saturated carbocycles. The van der Waals surface area contributed by atoms with Crippen LogP contribution in [0.3, 0.4) is 0 Å². The third kappa shape index (κ3) is 3.25. The Hall–Kier alpha value is -5.74. The summed E-state index contributed by atoms with van der Waals surface area (Å²) in [6.45, 7) is 9.03. The van der Waals surface area contributed by atoms with Crippen molar-refractivity contribution in [1.29, 1.82) is 0 Å². The quantitative estimate of drug-likeness (QED) is 0.193. The topological polar surface area (TPSA) is 40.6 Å². The molecule has 0 amide bonds. The zero-order valence-corrected chi connectivity index (χ0v) is 27.3. The van der Waals surface area contributed by atoms with Crippen molar-refractivity contribution in [3.8, 4) is 11.1 Å². The molecule has 0 atom stereocenters. The van der Waals surface area contributed by atoms with Gasteiger partial charge in [-0.1, -0.05) is 100 Å². The fourth-order valence-electron chi connectivity index (χ4n) is 8.95. The SMILES string of the molecule is CC1(C)c2ccccc2N(c2cc3c4c(c2)c(=O)c2cc(N5c6ccccc6C(C)(C)c6ccccc65)cc(c2-4)c3=O)c2ccccc21. The van der Waals surface area contributed by atoms with Crippen LogP contribution in [0.25, 0.3) is 32.7 Å². The second kappa shape index (κ2) is 8.99. The molecular weight excluding hydrogens is 588 g/mol. The fraction of sp³-hybridized carbons (Fsp3) is 0.136. The molecule has 4 nitrogen and oxygen atoms in total. The molecule has 6 aromatic carbocycles. The van der Waals surface area contributed by atoms with Gasteiger partial charge in [0.25, 0.3) is 0 Å². The second-order valence-corrected chi connectivity index (χ2v) is 14.5. The average molecular weight is 621 g/mol. The molecular formula is C44H32N2O2. The van der Waals surface area contributed by atoms with Gasteiger partial charge in [-0.15, -0.1) is 0 Å². The summed E-state index contributed by atoms with van der Waals surface area (Å²) in [7, 11) is 0. The summed E-state index contributed by atoms with van der Waals surface area (Å²) in [5.74, 6) is 0. The Morgan fingerprint density at radius 3 is 0.917 bits per heavy atom. The van der Waals surface area contributed by atoms with E-state index in [0.29, 0.717) is 21.5 Å². The van der Waals surface area contributed by atoms with E-state index < -0.39 is 0 Å². The minimum Gasteiger partial charge on any atom is -0.310 e. The number of hydrogen-bond acceptors (Lipinski definition) is 4. The molecule has 4 aliphatic rings. The van der Waals surface area contributed by atoms with Crippen LogP contribution in [0.15, 0.2) is 131 Å². The molecule has 0 N–H and O–H groups in total. The maximum atomic E-state index is 14.5. The van der Waals surface area contributed by atoms with Crippen LogP contribution in [-0.4, -0.2) is 0 Å². The van der Waals surface area contributed by atoms with Crippen molar-refractivity contribution >= 4 is 55.7 Å². The first-order valence-corrected chi connectivity index (χ1v) is 16.6. The van der Waals surface area contributed by atoms with Gasteiger partial charge in [0.2, 0.25) is 0 Å². The van der Waals surface area contributed by atoms with Crippen LogP contribution in [0, 0.1) is 0 Å². The molecule has 230 valence electrons. The van der Waals surface area contributed by atoms with Crippen molar-refractivity contribution in [1.82, 2.24) is 0 Å². The molecule has 4 heteroatoms. The number of fused-ring (bicyclic) bond motifs is 4. The number of anilines is 6. The van der Waals surface area contributed by atoms with E-state index in [1.807, 2.05) is 24.3 Å². The van der Waals surface area contributed by atoms with Gasteiger partial charge in [-0.2, -0.15) is 0 Å². The van der Waals surface area contributed by atoms with Crippen molar-refractivity contribution < 1.29 is 0 Å². The summed E-state index contributed by atoms with van der Waals surface area (Å²) in [4.78, 5) is 33.4. The predicted octanol–water partition coefficient (Wildman–Crippen LogP) is 10.3. The highest BCUT2D eigenvalue weighted by molar-refractivity contribution is 6.20. The van der Waals surface area contributed by atoms with Crippen molar-refractivity contribution in [3.63, 3.8) is 0 Å². The second-order valence-electron chi connectivity index (χ2n) is 14.5. The van der Waals surface area contributed by atoms with E-state index in [0.717, 1.165) is 45.3 Å². The molecule has 0 bridgehead atoms. The monoisotopic (exact) mass is 620 g/mol. The van der Waals surface area contributed by atoms with Gasteiger partial charge in [-0.3, -0.25) is 9.59 Å². The fourth-order valence-corrected chi connectivity index (χ4v) is 8.95. The zero-order valence-electron chi connectivity index (χ0n) is 27.3. The minimum absolute atomic E-state index is 0.0310. The Balaban J connectivity index is 1.23. The van der Waals surface area contributed by atoms with E-state index in [1.165, 1.54) is 22.3 Å². The average Bonchev–Trinajstić information content (AvgIpc) is 3.55. The Morgan fingerprint density at radius 1 is 0.396 bits per heavy atom. The Labute approximate surface area is 278 Å². The summed E-state index contributed by atoms with van der Waals surface area (Å²) < 4.78 is 0. The number of nitrogens with zero attached hydrogens (tertiary/aromatic N) is 2. The summed E-state index contributed by atoms with van der Waals surface area (Å²) >= 11 is 0. The van der Waals surface area contributed by atoms with Crippen LogP contribution in [-0.2, 0) is 10.8 Å².